The zero-order valence-corrected chi connectivity index (χ0v) is 13.4. The van der Waals surface area contributed by atoms with Gasteiger partial charge in [0.2, 0.25) is 11.5 Å². The van der Waals surface area contributed by atoms with Crippen LogP contribution in [0.1, 0.15) is 36.0 Å². The topological polar surface area (TPSA) is 108 Å². The molecule has 0 spiro atoms. The third kappa shape index (κ3) is 3.42. The van der Waals surface area contributed by atoms with Crippen LogP contribution in [0.3, 0.4) is 0 Å². The summed E-state index contributed by atoms with van der Waals surface area (Å²) in [6.07, 6.45) is 0. The van der Waals surface area contributed by atoms with Crippen molar-refractivity contribution in [3.8, 4) is 5.75 Å². The van der Waals surface area contributed by atoms with E-state index in [2.05, 4.69) is 10.5 Å². The van der Waals surface area contributed by atoms with Gasteiger partial charge in [-0.1, -0.05) is 30.6 Å². The molecule has 9 heteroatoms. The van der Waals surface area contributed by atoms with Gasteiger partial charge >= 0.3 is 5.69 Å². The van der Waals surface area contributed by atoms with Crippen LogP contribution in [0.25, 0.3) is 0 Å². The zero-order chi connectivity index (χ0) is 17.1. The molecule has 2 rings (SSSR count). The number of amides is 1. The Morgan fingerprint density at radius 1 is 1.48 bits per heavy atom. The lowest BCUT2D eigenvalue weighted by molar-refractivity contribution is -0.386. The fraction of sp³-hybridized carbons (Fsp3) is 0.286. The standard InChI is InChI=1S/C14H14ClN3O5/c1-7(2)13-12(18(20)21)11(17-23-13)14(19)16-9-6-8(15)4-5-10(9)22-3/h4-7H,1-3H3,(H,16,19). The number of ether oxygens (including phenoxy) is 1. The molecule has 2 aromatic rings. The number of carbonyl (C=O) groups is 1. The minimum atomic E-state index is -0.784. The minimum absolute atomic E-state index is 0.0400. The lowest BCUT2D eigenvalue weighted by atomic mass is 10.1. The number of hydrogen-bond acceptors (Lipinski definition) is 6. The molecule has 8 nitrogen and oxygen atoms in total. The summed E-state index contributed by atoms with van der Waals surface area (Å²) in [6, 6.07) is 4.62. The monoisotopic (exact) mass is 339 g/mol. The molecule has 1 aromatic heterocycles. The number of nitrogens with zero attached hydrogens (tertiary/aromatic N) is 2. The predicted molar refractivity (Wildman–Crippen MR) is 83.2 cm³/mol. The lowest BCUT2D eigenvalue weighted by Crippen LogP contribution is -2.15. The SMILES string of the molecule is COc1ccc(Cl)cc1NC(=O)c1noc(C(C)C)c1[N+](=O)[O-]. The molecule has 1 aromatic carbocycles. The van der Waals surface area contributed by atoms with Crippen molar-refractivity contribution < 1.29 is 19.0 Å². The molecule has 0 unspecified atom stereocenters. The van der Waals surface area contributed by atoms with Gasteiger partial charge < -0.3 is 14.6 Å². The number of methoxy groups -OCH3 is 1. The number of nitro groups is 1. The van der Waals surface area contributed by atoms with Crippen LogP contribution in [0.15, 0.2) is 22.7 Å². The maximum atomic E-state index is 12.3. The van der Waals surface area contributed by atoms with Crippen LogP contribution in [0.4, 0.5) is 11.4 Å². The molecule has 0 fully saturated rings. The van der Waals surface area contributed by atoms with Crippen molar-refractivity contribution in [2.45, 2.75) is 19.8 Å². The predicted octanol–water partition coefficient (Wildman–Crippen LogP) is 3.62. The van der Waals surface area contributed by atoms with E-state index in [0.717, 1.165) is 0 Å². The number of benzene rings is 1. The summed E-state index contributed by atoms with van der Waals surface area (Å²) in [5.41, 5.74) is -0.576. The highest BCUT2D eigenvalue weighted by molar-refractivity contribution is 6.31. The second-order valence-electron chi connectivity index (χ2n) is 4.95. The van der Waals surface area contributed by atoms with E-state index in [-0.39, 0.29) is 17.4 Å². The van der Waals surface area contributed by atoms with Gasteiger partial charge in [-0.05, 0) is 18.2 Å². The Bertz CT molecular complexity index is 757. The first-order valence-electron chi connectivity index (χ1n) is 6.64. The normalized spacial score (nSPS) is 10.7. The highest BCUT2D eigenvalue weighted by Gasteiger charge is 2.33. The molecule has 1 N–H and O–H groups in total. The summed E-state index contributed by atoms with van der Waals surface area (Å²) in [5.74, 6) is -0.672. The van der Waals surface area contributed by atoms with Gasteiger partial charge in [0.1, 0.15) is 5.75 Å². The van der Waals surface area contributed by atoms with Crippen LogP contribution < -0.4 is 10.1 Å². The summed E-state index contributed by atoms with van der Waals surface area (Å²) in [5, 5.41) is 17.6. The lowest BCUT2D eigenvalue weighted by Gasteiger charge is -2.09. The van der Waals surface area contributed by atoms with Crippen molar-refractivity contribution in [3.05, 3.63) is 44.8 Å². The minimum Gasteiger partial charge on any atom is -0.495 e. The molecule has 23 heavy (non-hydrogen) atoms. The van der Waals surface area contributed by atoms with Gasteiger partial charge in [0, 0.05) is 10.9 Å². The molecule has 0 atom stereocenters. The number of nitrogens with one attached hydrogen (secondary N) is 1. The van der Waals surface area contributed by atoms with Crippen LogP contribution in [0.5, 0.6) is 5.75 Å². The number of aromatic nitrogens is 1. The van der Waals surface area contributed by atoms with Crippen molar-refractivity contribution in [1.29, 1.82) is 0 Å². The van der Waals surface area contributed by atoms with E-state index in [1.807, 2.05) is 0 Å². The van der Waals surface area contributed by atoms with E-state index in [9.17, 15) is 14.9 Å². The molecule has 0 radical (unpaired) electrons. The quantitative estimate of drug-likeness (QED) is 0.658. The van der Waals surface area contributed by atoms with Gasteiger partial charge in [-0.25, -0.2) is 0 Å². The molecule has 122 valence electrons. The van der Waals surface area contributed by atoms with E-state index >= 15 is 0 Å². The molecule has 1 amide bonds. The summed E-state index contributed by atoms with van der Waals surface area (Å²) in [6.45, 7) is 3.41. The molecule has 1 heterocycles. The molecule has 0 bridgehead atoms. The Morgan fingerprint density at radius 2 is 2.17 bits per heavy atom. The Morgan fingerprint density at radius 3 is 2.74 bits per heavy atom. The maximum absolute atomic E-state index is 12.3. The van der Waals surface area contributed by atoms with Crippen molar-refractivity contribution in [2.75, 3.05) is 12.4 Å². The van der Waals surface area contributed by atoms with Crippen molar-refractivity contribution in [3.63, 3.8) is 0 Å². The van der Waals surface area contributed by atoms with Crippen LogP contribution in [0.2, 0.25) is 5.02 Å². The smallest absolute Gasteiger partial charge is 0.344 e. The van der Waals surface area contributed by atoms with Gasteiger partial charge in [-0.3, -0.25) is 14.9 Å². The van der Waals surface area contributed by atoms with Crippen LogP contribution in [-0.2, 0) is 0 Å². The van der Waals surface area contributed by atoms with E-state index in [1.165, 1.54) is 13.2 Å². The van der Waals surface area contributed by atoms with Gasteiger partial charge in [0.15, 0.2) is 0 Å². The highest BCUT2D eigenvalue weighted by atomic mass is 35.5. The number of anilines is 1. The van der Waals surface area contributed by atoms with E-state index < -0.39 is 22.2 Å². The van der Waals surface area contributed by atoms with Crippen LogP contribution >= 0.6 is 11.6 Å². The first-order chi connectivity index (χ1) is 10.8. The van der Waals surface area contributed by atoms with E-state index in [1.54, 1.807) is 26.0 Å². The van der Waals surface area contributed by atoms with Gasteiger partial charge in [-0.2, -0.15) is 0 Å². The second kappa shape index (κ2) is 6.66. The van der Waals surface area contributed by atoms with Crippen LogP contribution in [0, 0.1) is 10.1 Å². The first-order valence-corrected chi connectivity index (χ1v) is 7.01. The zero-order valence-electron chi connectivity index (χ0n) is 12.6. The molecule has 0 saturated heterocycles. The Kier molecular flexibility index (Phi) is 4.85. The number of halogens is 1. The maximum Gasteiger partial charge on any atom is 0.344 e. The summed E-state index contributed by atoms with van der Waals surface area (Å²) >= 11 is 5.88. The molecule has 0 saturated carbocycles. The van der Waals surface area contributed by atoms with Crippen molar-refractivity contribution >= 4 is 28.9 Å². The average molecular weight is 340 g/mol. The average Bonchev–Trinajstić information content (AvgIpc) is 2.92. The Hall–Kier alpha value is -2.61. The third-order valence-electron chi connectivity index (χ3n) is 3.02. The van der Waals surface area contributed by atoms with Crippen LogP contribution in [-0.4, -0.2) is 23.1 Å². The molecular formula is C14H14ClN3O5. The van der Waals surface area contributed by atoms with Gasteiger partial charge in [0.25, 0.3) is 5.91 Å². The second-order valence-corrected chi connectivity index (χ2v) is 5.39. The van der Waals surface area contributed by atoms with Gasteiger partial charge in [0.05, 0.1) is 17.7 Å². The van der Waals surface area contributed by atoms with Crippen molar-refractivity contribution in [2.24, 2.45) is 0 Å². The fourth-order valence-electron chi connectivity index (χ4n) is 1.96. The molecule has 0 aliphatic carbocycles. The third-order valence-corrected chi connectivity index (χ3v) is 3.26. The first kappa shape index (κ1) is 16.8. The summed E-state index contributed by atoms with van der Waals surface area (Å²) < 4.78 is 10.1. The molecule has 0 aliphatic rings. The fourth-order valence-corrected chi connectivity index (χ4v) is 2.13. The van der Waals surface area contributed by atoms with Gasteiger partial charge in [-0.15, -0.1) is 0 Å². The van der Waals surface area contributed by atoms with Crippen molar-refractivity contribution in [1.82, 2.24) is 5.16 Å². The number of carbonyl (C=O) groups excluding carboxylic acids is 1. The molecule has 0 aliphatic heterocycles. The number of rotatable bonds is 5. The number of hydrogen-bond donors (Lipinski definition) is 1. The Labute approximate surface area is 136 Å². The summed E-state index contributed by atoms with van der Waals surface area (Å²) in [7, 11) is 1.42. The van der Waals surface area contributed by atoms with E-state index in [4.69, 9.17) is 20.9 Å². The highest BCUT2D eigenvalue weighted by Crippen LogP contribution is 2.32. The molecular weight excluding hydrogens is 326 g/mol. The van der Waals surface area contributed by atoms with E-state index in [0.29, 0.717) is 10.8 Å². The summed E-state index contributed by atoms with van der Waals surface area (Å²) in [4.78, 5) is 22.9. The largest absolute Gasteiger partial charge is 0.495 e. The Balaban J connectivity index is 2.39.